The molecule has 5 heteroatoms. The van der Waals surface area contributed by atoms with Crippen LogP contribution in [0.3, 0.4) is 0 Å². The average molecular weight is 220 g/mol. The number of anilines is 1. The second-order valence-electron chi connectivity index (χ2n) is 3.84. The number of nitrogen functional groups attached to an aromatic ring is 1. The molecule has 0 bridgehead atoms. The number of aromatic nitrogens is 1. The van der Waals surface area contributed by atoms with Gasteiger partial charge >= 0.3 is 0 Å². The quantitative estimate of drug-likeness (QED) is 0.697. The lowest BCUT2D eigenvalue weighted by Gasteiger charge is -2.29. The number of hydrogen-bond acceptors (Lipinski definition) is 4. The maximum atomic E-state index is 5.63. The van der Waals surface area contributed by atoms with Gasteiger partial charge in [0.1, 0.15) is 0 Å². The normalized spacial score (nSPS) is 18.9. The maximum absolute atomic E-state index is 5.63. The fraction of sp³-hybridized carbons (Fsp3) is 0.625. The molecule has 2 rings (SSSR count). The topological polar surface area (TPSA) is 50.9 Å². The van der Waals surface area contributed by atoms with E-state index in [1.54, 1.807) is 11.3 Å². The van der Waals surface area contributed by atoms with E-state index in [2.05, 4.69) is 24.1 Å². The zero-order valence-corrected chi connectivity index (χ0v) is 9.39. The molecule has 0 aliphatic carbocycles. The molecule has 1 aromatic rings. The number of thiazole rings is 1. The van der Waals surface area contributed by atoms with Crippen LogP contribution >= 0.6 is 23.7 Å². The van der Waals surface area contributed by atoms with Gasteiger partial charge in [0.25, 0.3) is 0 Å². The van der Waals surface area contributed by atoms with Gasteiger partial charge < -0.3 is 11.1 Å². The number of rotatable bonds is 0. The highest BCUT2D eigenvalue weighted by Crippen LogP contribution is 2.28. The summed E-state index contributed by atoms with van der Waals surface area (Å²) in [5.74, 6) is 0. The van der Waals surface area contributed by atoms with E-state index < -0.39 is 0 Å². The standard InChI is InChI=1S/C8H13N3S.ClH/c1-8(2)3-5-6(4-10-8)12-7(9)11-5;/h10H,3-4H2,1-2H3,(H2,9,11);1H. The zero-order valence-electron chi connectivity index (χ0n) is 7.76. The molecule has 0 radical (unpaired) electrons. The highest BCUT2D eigenvalue weighted by atomic mass is 35.5. The van der Waals surface area contributed by atoms with Gasteiger partial charge in [-0.25, -0.2) is 4.98 Å². The Hall–Kier alpha value is -0.320. The Morgan fingerprint density at radius 3 is 2.92 bits per heavy atom. The number of hydrogen-bond donors (Lipinski definition) is 2. The summed E-state index contributed by atoms with van der Waals surface area (Å²) in [7, 11) is 0. The van der Waals surface area contributed by atoms with Crippen LogP contribution in [0.5, 0.6) is 0 Å². The largest absolute Gasteiger partial charge is 0.375 e. The molecule has 0 saturated carbocycles. The average Bonchev–Trinajstić information content (AvgIpc) is 2.26. The van der Waals surface area contributed by atoms with Gasteiger partial charge in [-0.3, -0.25) is 0 Å². The molecule has 0 amide bonds. The van der Waals surface area contributed by atoms with Crippen LogP contribution in [0.2, 0.25) is 0 Å². The van der Waals surface area contributed by atoms with Crippen molar-refractivity contribution < 1.29 is 0 Å². The molecule has 0 fully saturated rings. The predicted molar refractivity (Wildman–Crippen MR) is 58.4 cm³/mol. The molecular formula is C8H14ClN3S. The van der Waals surface area contributed by atoms with E-state index in [0.717, 1.165) is 13.0 Å². The minimum Gasteiger partial charge on any atom is -0.375 e. The minimum atomic E-state index is 0. The lowest BCUT2D eigenvalue weighted by Crippen LogP contribution is -2.44. The Labute approximate surface area is 88.2 Å². The van der Waals surface area contributed by atoms with Crippen LogP contribution in [-0.2, 0) is 13.0 Å². The summed E-state index contributed by atoms with van der Waals surface area (Å²) in [5, 5.41) is 4.14. The van der Waals surface area contributed by atoms with Crippen molar-refractivity contribution in [3.8, 4) is 0 Å². The van der Waals surface area contributed by atoms with Crippen molar-refractivity contribution in [1.29, 1.82) is 0 Å². The van der Waals surface area contributed by atoms with Gasteiger partial charge in [-0.15, -0.1) is 23.7 Å². The molecule has 0 spiro atoms. The third-order valence-electron chi connectivity index (χ3n) is 2.13. The van der Waals surface area contributed by atoms with Crippen LogP contribution in [0.25, 0.3) is 0 Å². The van der Waals surface area contributed by atoms with E-state index in [1.165, 1.54) is 10.6 Å². The van der Waals surface area contributed by atoms with Gasteiger partial charge in [0.15, 0.2) is 5.13 Å². The summed E-state index contributed by atoms with van der Waals surface area (Å²) < 4.78 is 0. The van der Waals surface area contributed by atoms with Gasteiger partial charge in [-0.1, -0.05) is 0 Å². The number of fused-ring (bicyclic) bond motifs is 1. The van der Waals surface area contributed by atoms with Crippen molar-refractivity contribution in [2.75, 3.05) is 5.73 Å². The molecule has 74 valence electrons. The lowest BCUT2D eigenvalue weighted by molar-refractivity contribution is 0.362. The predicted octanol–water partition coefficient (Wildman–Crippen LogP) is 1.57. The zero-order chi connectivity index (χ0) is 8.77. The Morgan fingerprint density at radius 2 is 2.23 bits per heavy atom. The van der Waals surface area contributed by atoms with Gasteiger partial charge in [0.2, 0.25) is 0 Å². The first-order valence-corrected chi connectivity index (χ1v) is 4.87. The van der Waals surface area contributed by atoms with Crippen molar-refractivity contribution in [2.45, 2.75) is 32.4 Å². The van der Waals surface area contributed by atoms with Crippen molar-refractivity contribution in [2.24, 2.45) is 0 Å². The van der Waals surface area contributed by atoms with Gasteiger partial charge in [-0.05, 0) is 13.8 Å². The van der Waals surface area contributed by atoms with Crippen LogP contribution in [0.1, 0.15) is 24.4 Å². The number of nitrogens with two attached hydrogens (primary N) is 1. The fourth-order valence-corrected chi connectivity index (χ4v) is 2.27. The molecule has 2 heterocycles. The van der Waals surface area contributed by atoms with Gasteiger partial charge in [-0.2, -0.15) is 0 Å². The van der Waals surface area contributed by atoms with E-state index in [9.17, 15) is 0 Å². The molecule has 1 aliphatic rings. The molecule has 3 N–H and O–H groups in total. The maximum Gasteiger partial charge on any atom is 0.180 e. The summed E-state index contributed by atoms with van der Waals surface area (Å²) >= 11 is 1.60. The van der Waals surface area contributed by atoms with Crippen LogP contribution in [0, 0.1) is 0 Å². The van der Waals surface area contributed by atoms with Crippen molar-refractivity contribution in [1.82, 2.24) is 10.3 Å². The molecule has 0 atom stereocenters. The first kappa shape index (κ1) is 10.8. The van der Waals surface area contributed by atoms with E-state index in [1.807, 2.05) is 0 Å². The van der Waals surface area contributed by atoms with Crippen molar-refractivity contribution in [3.63, 3.8) is 0 Å². The fourth-order valence-electron chi connectivity index (χ4n) is 1.48. The van der Waals surface area contributed by atoms with Crippen LogP contribution < -0.4 is 11.1 Å². The Bertz CT molecular complexity index is 308. The number of nitrogens with zero attached hydrogens (tertiary/aromatic N) is 1. The molecule has 1 aliphatic heterocycles. The van der Waals surface area contributed by atoms with Gasteiger partial charge in [0.05, 0.1) is 5.69 Å². The number of nitrogens with one attached hydrogen (secondary N) is 1. The van der Waals surface area contributed by atoms with Crippen molar-refractivity contribution in [3.05, 3.63) is 10.6 Å². The highest BCUT2D eigenvalue weighted by Gasteiger charge is 2.26. The van der Waals surface area contributed by atoms with E-state index in [-0.39, 0.29) is 17.9 Å². The van der Waals surface area contributed by atoms with Crippen LogP contribution in [0.15, 0.2) is 0 Å². The second-order valence-corrected chi connectivity index (χ2v) is 4.95. The molecule has 0 saturated heterocycles. The van der Waals surface area contributed by atoms with E-state index >= 15 is 0 Å². The van der Waals surface area contributed by atoms with Gasteiger partial charge in [0, 0.05) is 23.4 Å². The van der Waals surface area contributed by atoms with E-state index in [4.69, 9.17) is 5.73 Å². The second kappa shape index (κ2) is 3.44. The number of halogens is 1. The third kappa shape index (κ3) is 2.13. The Morgan fingerprint density at radius 1 is 1.54 bits per heavy atom. The van der Waals surface area contributed by atoms with Crippen molar-refractivity contribution >= 4 is 28.9 Å². The van der Waals surface area contributed by atoms with E-state index in [0.29, 0.717) is 5.13 Å². The lowest BCUT2D eigenvalue weighted by atomic mass is 9.95. The summed E-state index contributed by atoms with van der Waals surface area (Å²) in [6.45, 7) is 5.29. The molecule has 0 unspecified atom stereocenters. The van der Waals surface area contributed by atoms with Crippen LogP contribution in [-0.4, -0.2) is 10.5 Å². The summed E-state index contributed by atoms with van der Waals surface area (Å²) in [4.78, 5) is 5.60. The summed E-state index contributed by atoms with van der Waals surface area (Å²) in [6, 6.07) is 0. The summed E-state index contributed by atoms with van der Waals surface area (Å²) in [5.41, 5.74) is 6.98. The SMILES string of the molecule is CC1(C)Cc2nc(N)sc2CN1.Cl. The smallest absolute Gasteiger partial charge is 0.180 e. The molecule has 3 nitrogen and oxygen atoms in total. The molecule has 1 aromatic heterocycles. The molecule has 13 heavy (non-hydrogen) atoms. The highest BCUT2D eigenvalue weighted by molar-refractivity contribution is 7.15. The van der Waals surface area contributed by atoms with Crippen LogP contribution in [0.4, 0.5) is 5.13 Å². The third-order valence-corrected chi connectivity index (χ3v) is 3.06. The monoisotopic (exact) mass is 219 g/mol. The Balaban J connectivity index is 0.000000845. The Kier molecular flexibility index (Phi) is 2.85. The first-order chi connectivity index (χ1) is 5.57. The first-order valence-electron chi connectivity index (χ1n) is 4.06. The molecular weight excluding hydrogens is 206 g/mol. The minimum absolute atomic E-state index is 0. The summed E-state index contributed by atoms with van der Waals surface area (Å²) in [6.07, 6.45) is 0.982. The molecule has 0 aromatic carbocycles.